The molecule has 1 rings (SSSR count). The second-order valence-corrected chi connectivity index (χ2v) is 5.43. The molecule has 1 unspecified atom stereocenters. The lowest BCUT2D eigenvalue weighted by atomic mass is 10.2. The summed E-state index contributed by atoms with van der Waals surface area (Å²) in [5, 5.41) is 2.88. The van der Waals surface area contributed by atoms with Gasteiger partial charge in [-0.05, 0) is 48.0 Å². The van der Waals surface area contributed by atoms with Crippen molar-refractivity contribution in [3.63, 3.8) is 0 Å². The number of hydrogen-bond donors (Lipinski definition) is 1. The topological polar surface area (TPSA) is 38.3 Å². The van der Waals surface area contributed by atoms with Gasteiger partial charge in [0.25, 0.3) is 5.91 Å². The lowest BCUT2D eigenvalue weighted by Gasteiger charge is -2.14. The Bertz CT molecular complexity index is 396. The molecular weight excluding hydrogens is 350 g/mol. The number of carbonyl (C=O) groups excluding carboxylic acids is 1. The van der Waals surface area contributed by atoms with Crippen molar-refractivity contribution in [2.24, 2.45) is 0 Å². The third-order valence-electron chi connectivity index (χ3n) is 2.12. The Hall–Kier alpha value is -0.390. The van der Waals surface area contributed by atoms with Gasteiger partial charge in [-0.15, -0.1) is 0 Å². The molecule has 0 fully saturated rings. The van der Waals surface area contributed by atoms with Gasteiger partial charge in [0.15, 0.2) is 0 Å². The van der Waals surface area contributed by atoms with Crippen LogP contribution in [0.25, 0.3) is 0 Å². The van der Waals surface area contributed by atoms with E-state index in [0.717, 1.165) is 8.95 Å². The molecule has 0 aliphatic carbocycles. The van der Waals surface area contributed by atoms with Crippen molar-refractivity contribution in [2.45, 2.75) is 19.9 Å². The average Bonchev–Trinajstić information content (AvgIpc) is 2.29. The van der Waals surface area contributed by atoms with Gasteiger partial charge in [-0.25, -0.2) is 0 Å². The molecule has 0 aliphatic rings. The number of halogens is 2. The zero-order chi connectivity index (χ0) is 12.8. The number of ether oxygens (including phenoxy) is 1. The lowest BCUT2D eigenvalue weighted by Crippen LogP contribution is -2.36. The van der Waals surface area contributed by atoms with Gasteiger partial charge >= 0.3 is 0 Å². The molecule has 1 aromatic rings. The first-order valence-electron chi connectivity index (χ1n) is 5.38. The lowest BCUT2D eigenvalue weighted by molar-refractivity contribution is 0.0871. The maximum absolute atomic E-state index is 12.0. The Morgan fingerprint density at radius 2 is 2.18 bits per heavy atom. The molecular formula is C12H15Br2NO2. The van der Waals surface area contributed by atoms with Crippen molar-refractivity contribution in [2.75, 3.05) is 13.2 Å². The third-order valence-corrected chi connectivity index (χ3v) is 3.31. The molecule has 0 bridgehead atoms. The monoisotopic (exact) mass is 363 g/mol. The number of nitrogens with one attached hydrogen (secondary N) is 1. The number of amides is 1. The zero-order valence-electron chi connectivity index (χ0n) is 9.80. The molecule has 0 saturated carbocycles. The quantitative estimate of drug-likeness (QED) is 0.869. The molecule has 1 amide bonds. The van der Waals surface area contributed by atoms with Crippen molar-refractivity contribution in [1.29, 1.82) is 0 Å². The Balaban J connectivity index is 2.66. The van der Waals surface area contributed by atoms with Crippen LogP contribution in [0.3, 0.4) is 0 Å². The summed E-state index contributed by atoms with van der Waals surface area (Å²) in [6, 6.07) is 5.50. The minimum absolute atomic E-state index is 0.00617. The second kappa shape index (κ2) is 7.13. The van der Waals surface area contributed by atoms with Crippen molar-refractivity contribution in [1.82, 2.24) is 5.32 Å². The summed E-state index contributed by atoms with van der Waals surface area (Å²) in [6.07, 6.45) is 0. The summed E-state index contributed by atoms with van der Waals surface area (Å²) in [6.45, 7) is 5.02. The molecule has 94 valence electrons. The van der Waals surface area contributed by atoms with Gasteiger partial charge in [0.05, 0.1) is 12.2 Å². The van der Waals surface area contributed by atoms with Gasteiger partial charge in [0.1, 0.15) is 0 Å². The summed E-state index contributed by atoms with van der Waals surface area (Å²) < 4.78 is 6.91. The van der Waals surface area contributed by atoms with E-state index >= 15 is 0 Å². The number of hydrogen-bond acceptors (Lipinski definition) is 2. The highest BCUT2D eigenvalue weighted by molar-refractivity contribution is 9.11. The predicted molar refractivity (Wildman–Crippen MR) is 75.3 cm³/mol. The maximum Gasteiger partial charge on any atom is 0.252 e. The van der Waals surface area contributed by atoms with E-state index in [0.29, 0.717) is 18.8 Å². The smallest absolute Gasteiger partial charge is 0.252 e. The normalized spacial score (nSPS) is 12.2. The zero-order valence-corrected chi connectivity index (χ0v) is 13.0. The van der Waals surface area contributed by atoms with Gasteiger partial charge in [-0.1, -0.05) is 15.9 Å². The molecule has 0 radical (unpaired) electrons. The summed E-state index contributed by atoms with van der Waals surface area (Å²) in [5.41, 5.74) is 0.614. The van der Waals surface area contributed by atoms with Gasteiger partial charge in [0, 0.05) is 21.6 Å². The average molecular weight is 365 g/mol. The maximum atomic E-state index is 12.0. The molecule has 0 aliphatic heterocycles. The SMILES string of the molecule is CCOCC(C)NC(=O)c1cc(Br)ccc1Br. The molecule has 1 atom stereocenters. The van der Waals surface area contributed by atoms with Gasteiger partial charge < -0.3 is 10.1 Å². The fourth-order valence-corrected chi connectivity index (χ4v) is 2.10. The molecule has 0 spiro atoms. The van der Waals surface area contributed by atoms with Crippen LogP contribution in [0.1, 0.15) is 24.2 Å². The van der Waals surface area contributed by atoms with Crippen LogP contribution in [0, 0.1) is 0 Å². The van der Waals surface area contributed by atoms with E-state index in [-0.39, 0.29) is 11.9 Å². The van der Waals surface area contributed by atoms with Crippen LogP contribution in [0.2, 0.25) is 0 Å². The van der Waals surface area contributed by atoms with Crippen LogP contribution >= 0.6 is 31.9 Å². The Morgan fingerprint density at radius 3 is 2.82 bits per heavy atom. The predicted octanol–water partition coefficient (Wildman–Crippen LogP) is 3.37. The summed E-state index contributed by atoms with van der Waals surface area (Å²) in [5.74, 6) is -0.106. The first-order valence-corrected chi connectivity index (χ1v) is 6.96. The Morgan fingerprint density at radius 1 is 1.47 bits per heavy atom. The highest BCUT2D eigenvalue weighted by atomic mass is 79.9. The largest absolute Gasteiger partial charge is 0.380 e. The van der Waals surface area contributed by atoms with Crippen molar-refractivity contribution < 1.29 is 9.53 Å². The molecule has 0 saturated heterocycles. The van der Waals surface area contributed by atoms with Crippen LogP contribution in [-0.2, 0) is 4.74 Å². The molecule has 1 aromatic carbocycles. The van der Waals surface area contributed by atoms with Gasteiger partial charge in [-0.2, -0.15) is 0 Å². The Kier molecular flexibility index (Phi) is 6.16. The van der Waals surface area contributed by atoms with Crippen molar-refractivity contribution >= 4 is 37.8 Å². The van der Waals surface area contributed by atoms with Crippen LogP contribution in [0.4, 0.5) is 0 Å². The molecule has 5 heteroatoms. The fourth-order valence-electron chi connectivity index (χ4n) is 1.31. The molecule has 0 aromatic heterocycles. The minimum atomic E-state index is -0.106. The van der Waals surface area contributed by atoms with Gasteiger partial charge in [0.2, 0.25) is 0 Å². The summed E-state index contributed by atoms with van der Waals surface area (Å²) in [7, 11) is 0. The Labute approximate surface area is 118 Å². The van der Waals surface area contributed by atoms with E-state index in [9.17, 15) is 4.79 Å². The molecule has 0 heterocycles. The molecule has 3 nitrogen and oxygen atoms in total. The summed E-state index contributed by atoms with van der Waals surface area (Å²) >= 11 is 6.71. The van der Waals surface area contributed by atoms with E-state index in [1.54, 1.807) is 6.07 Å². The van der Waals surface area contributed by atoms with Crippen LogP contribution in [0.15, 0.2) is 27.1 Å². The van der Waals surface area contributed by atoms with Crippen molar-refractivity contribution in [3.05, 3.63) is 32.7 Å². The number of benzene rings is 1. The minimum Gasteiger partial charge on any atom is -0.380 e. The van der Waals surface area contributed by atoms with Crippen LogP contribution < -0.4 is 5.32 Å². The van der Waals surface area contributed by atoms with E-state index in [4.69, 9.17) is 4.74 Å². The fraction of sp³-hybridized carbons (Fsp3) is 0.417. The molecule has 17 heavy (non-hydrogen) atoms. The highest BCUT2D eigenvalue weighted by Gasteiger charge is 2.13. The van der Waals surface area contributed by atoms with E-state index in [1.807, 2.05) is 26.0 Å². The number of carbonyl (C=O) groups is 1. The second-order valence-electron chi connectivity index (χ2n) is 3.66. The van der Waals surface area contributed by atoms with Gasteiger partial charge in [-0.3, -0.25) is 4.79 Å². The third kappa shape index (κ3) is 4.77. The van der Waals surface area contributed by atoms with Crippen LogP contribution in [0.5, 0.6) is 0 Å². The number of rotatable bonds is 5. The standard InChI is InChI=1S/C12H15Br2NO2/c1-3-17-7-8(2)15-12(16)10-6-9(13)4-5-11(10)14/h4-6,8H,3,7H2,1-2H3,(H,15,16). The molecule has 1 N–H and O–H groups in total. The van der Waals surface area contributed by atoms with Crippen molar-refractivity contribution in [3.8, 4) is 0 Å². The van der Waals surface area contributed by atoms with E-state index in [1.165, 1.54) is 0 Å². The first-order chi connectivity index (χ1) is 8.04. The first kappa shape index (κ1) is 14.7. The summed E-state index contributed by atoms with van der Waals surface area (Å²) in [4.78, 5) is 12.0. The van der Waals surface area contributed by atoms with E-state index < -0.39 is 0 Å². The van der Waals surface area contributed by atoms with E-state index in [2.05, 4.69) is 37.2 Å². The van der Waals surface area contributed by atoms with Crippen LogP contribution in [-0.4, -0.2) is 25.2 Å². The highest BCUT2D eigenvalue weighted by Crippen LogP contribution is 2.21.